The van der Waals surface area contributed by atoms with Crippen molar-refractivity contribution in [2.24, 2.45) is 11.8 Å². The lowest BCUT2D eigenvalue weighted by Crippen LogP contribution is -2.28. The first-order valence-electron chi connectivity index (χ1n) is 6.45. The Bertz CT molecular complexity index is 405. The molecule has 2 N–H and O–H groups in total. The minimum Gasteiger partial charge on any atom is -0.481 e. The smallest absolute Gasteiger partial charge is 0.306 e. The van der Waals surface area contributed by atoms with Crippen LogP contribution in [-0.2, 0) is 17.8 Å². The van der Waals surface area contributed by atoms with Crippen molar-refractivity contribution < 1.29 is 14.3 Å². The fourth-order valence-corrected chi connectivity index (χ4v) is 2.47. The van der Waals surface area contributed by atoms with Crippen LogP contribution >= 0.6 is 0 Å². The maximum absolute atomic E-state index is 11.0. The highest BCUT2D eigenvalue weighted by atomic mass is 16.4. The highest BCUT2D eigenvalue weighted by Crippen LogP contribution is 2.31. The van der Waals surface area contributed by atoms with Crippen molar-refractivity contribution in [3.63, 3.8) is 0 Å². The second kappa shape index (κ2) is 5.95. The summed E-state index contributed by atoms with van der Waals surface area (Å²) in [4.78, 5) is 11.0. The van der Waals surface area contributed by atoms with Crippen molar-refractivity contribution in [2.45, 2.75) is 39.2 Å². The minimum atomic E-state index is -0.676. The summed E-state index contributed by atoms with van der Waals surface area (Å²) in [6.45, 7) is 3.16. The van der Waals surface area contributed by atoms with Gasteiger partial charge < -0.3 is 14.8 Å². The van der Waals surface area contributed by atoms with Crippen LogP contribution in [0.1, 0.15) is 38.0 Å². The molecule has 0 spiro atoms. The van der Waals surface area contributed by atoms with E-state index in [1.807, 2.05) is 6.92 Å². The fourth-order valence-electron chi connectivity index (χ4n) is 2.47. The van der Waals surface area contributed by atoms with Gasteiger partial charge in [0, 0.05) is 6.42 Å². The van der Waals surface area contributed by atoms with Gasteiger partial charge in [-0.25, -0.2) is 0 Å². The van der Waals surface area contributed by atoms with Crippen molar-refractivity contribution in [1.29, 1.82) is 0 Å². The maximum atomic E-state index is 11.0. The SMILES string of the molecule is CCc1nnc(CNCC2CCCC2C(=O)O)o1. The van der Waals surface area contributed by atoms with E-state index in [-0.39, 0.29) is 11.8 Å². The third kappa shape index (κ3) is 3.07. The van der Waals surface area contributed by atoms with E-state index in [1.54, 1.807) is 0 Å². The number of carbonyl (C=O) groups is 1. The van der Waals surface area contributed by atoms with E-state index >= 15 is 0 Å². The van der Waals surface area contributed by atoms with Crippen LogP contribution in [0.3, 0.4) is 0 Å². The first-order valence-corrected chi connectivity index (χ1v) is 6.45. The molecule has 1 aromatic heterocycles. The van der Waals surface area contributed by atoms with Crippen molar-refractivity contribution in [2.75, 3.05) is 6.54 Å². The number of carboxylic acid groups (broad SMARTS) is 1. The molecule has 0 amide bonds. The lowest BCUT2D eigenvalue weighted by Gasteiger charge is -2.15. The van der Waals surface area contributed by atoms with E-state index in [9.17, 15) is 4.79 Å². The molecule has 100 valence electrons. The van der Waals surface area contributed by atoms with Crippen LogP contribution in [0.5, 0.6) is 0 Å². The summed E-state index contributed by atoms with van der Waals surface area (Å²) in [5.74, 6) is 0.542. The number of hydrogen-bond donors (Lipinski definition) is 2. The number of aliphatic carboxylic acids is 1. The van der Waals surface area contributed by atoms with Crippen molar-refractivity contribution >= 4 is 5.97 Å². The van der Waals surface area contributed by atoms with Gasteiger partial charge >= 0.3 is 5.97 Å². The number of hydrogen-bond acceptors (Lipinski definition) is 5. The second-order valence-electron chi connectivity index (χ2n) is 4.71. The molecule has 2 unspecified atom stereocenters. The van der Waals surface area contributed by atoms with Gasteiger partial charge in [-0.05, 0) is 25.3 Å². The van der Waals surface area contributed by atoms with Gasteiger partial charge in [-0.15, -0.1) is 10.2 Å². The molecule has 0 bridgehead atoms. The van der Waals surface area contributed by atoms with Gasteiger partial charge in [-0.3, -0.25) is 4.79 Å². The molecule has 1 aliphatic rings. The third-order valence-electron chi connectivity index (χ3n) is 3.47. The van der Waals surface area contributed by atoms with Gasteiger partial charge in [0.05, 0.1) is 12.5 Å². The van der Waals surface area contributed by atoms with E-state index in [0.717, 1.165) is 25.7 Å². The average molecular weight is 253 g/mol. The van der Waals surface area contributed by atoms with Crippen LogP contribution in [0.25, 0.3) is 0 Å². The normalized spacial score (nSPS) is 23.4. The molecule has 0 aliphatic heterocycles. The lowest BCUT2D eigenvalue weighted by molar-refractivity contribution is -0.142. The molecule has 6 heteroatoms. The Labute approximate surface area is 106 Å². The van der Waals surface area contributed by atoms with Crippen LogP contribution in [0.15, 0.2) is 4.42 Å². The number of carboxylic acids is 1. The molecule has 0 radical (unpaired) electrons. The Kier molecular flexibility index (Phi) is 4.30. The van der Waals surface area contributed by atoms with Crippen LogP contribution in [0, 0.1) is 11.8 Å². The van der Waals surface area contributed by atoms with Gasteiger partial charge in [-0.1, -0.05) is 13.3 Å². The molecule has 1 aromatic rings. The molecule has 18 heavy (non-hydrogen) atoms. The number of rotatable bonds is 6. The molecular formula is C12H19N3O3. The van der Waals surface area contributed by atoms with Crippen LogP contribution in [0.2, 0.25) is 0 Å². The van der Waals surface area contributed by atoms with Crippen LogP contribution in [0.4, 0.5) is 0 Å². The summed E-state index contributed by atoms with van der Waals surface area (Å²) in [7, 11) is 0. The zero-order chi connectivity index (χ0) is 13.0. The second-order valence-corrected chi connectivity index (χ2v) is 4.71. The molecule has 2 atom stereocenters. The van der Waals surface area contributed by atoms with Crippen molar-refractivity contribution in [3.05, 3.63) is 11.8 Å². The average Bonchev–Trinajstić information content (AvgIpc) is 2.97. The zero-order valence-electron chi connectivity index (χ0n) is 10.6. The topological polar surface area (TPSA) is 88.2 Å². The summed E-state index contributed by atoms with van der Waals surface area (Å²) in [5, 5.41) is 20.1. The van der Waals surface area contributed by atoms with Crippen molar-refractivity contribution in [1.82, 2.24) is 15.5 Å². The molecule has 0 aromatic carbocycles. The van der Waals surface area contributed by atoms with Gasteiger partial charge in [0.1, 0.15) is 0 Å². The molecule has 2 rings (SSSR count). The number of nitrogens with zero attached hydrogens (tertiary/aromatic N) is 2. The van der Waals surface area contributed by atoms with E-state index in [1.165, 1.54) is 0 Å². The minimum absolute atomic E-state index is 0.202. The van der Waals surface area contributed by atoms with E-state index in [0.29, 0.717) is 24.9 Å². The van der Waals surface area contributed by atoms with E-state index in [2.05, 4.69) is 15.5 Å². The van der Waals surface area contributed by atoms with Gasteiger partial charge in [0.15, 0.2) is 0 Å². The quantitative estimate of drug-likeness (QED) is 0.792. The summed E-state index contributed by atoms with van der Waals surface area (Å²) >= 11 is 0. The van der Waals surface area contributed by atoms with Gasteiger partial charge in [0.2, 0.25) is 11.8 Å². The largest absolute Gasteiger partial charge is 0.481 e. The monoisotopic (exact) mass is 253 g/mol. The third-order valence-corrected chi connectivity index (χ3v) is 3.47. The van der Waals surface area contributed by atoms with Gasteiger partial charge in [-0.2, -0.15) is 0 Å². The number of aryl methyl sites for hydroxylation is 1. The number of aromatic nitrogens is 2. The van der Waals surface area contributed by atoms with E-state index < -0.39 is 5.97 Å². The first kappa shape index (κ1) is 13.0. The lowest BCUT2D eigenvalue weighted by atomic mass is 9.96. The Hall–Kier alpha value is -1.43. The van der Waals surface area contributed by atoms with Crippen LogP contribution in [-0.4, -0.2) is 27.8 Å². The predicted octanol–water partition coefficient (Wildman–Crippen LogP) is 1.22. The fraction of sp³-hybridized carbons (Fsp3) is 0.750. The highest BCUT2D eigenvalue weighted by molar-refractivity contribution is 5.70. The van der Waals surface area contributed by atoms with Crippen LogP contribution < -0.4 is 5.32 Å². The molecule has 1 fully saturated rings. The van der Waals surface area contributed by atoms with E-state index in [4.69, 9.17) is 9.52 Å². The Balaban J connectivity index is 1.76. The summed E-state index contributed by atoms with van der Waals surface area (Å²) in [6.07, 6.45) is 3.51. The molecule has 0 saturated heterocycles. The maximum Gasteiger partial charge on any atom is 0.306 e. The molecular weight excluding hydrogens is 234 g/mol. The zero-order valence-corrected chi connectivity index (χ0v) is 10.6. The molecule has 6 nitrogen and oxygen atoms in total. The standard InChI is InChI=1S/C12H19N3O3/c1-2-10-14-15-11(18-10)7-13-6-8-4-3-5-9(8)12(16)17/h8-9,13H,2-7H2,1H3,(H,16,17). The molecule has 1 heterocycles. The Morgan fingerprint density at radius 2 is 2.22 bits per heavy atom. The first-order chi connectivity index (χ1) is 8.70. The molecule has 1 aliphatic carbocycles. The Morgan fingerprint density at radius 3 is 2.89 bits per heavy atom. The predicted molar refractivity (Wildman–Crippen MR) is 63.8 cm³/mol. The molecule has 1 saturated carbocycles. The van der Waals surface area contributed by atoms with Crippen molar-refractivity contribution in [3.8, 4) is 0 Å². The van der Waals surface area contributed by atoms with Gasteiger partial charge in [0.25, 0.3) is 0 Å². The Morgan fingerprint density at radius 1 is 1.44 bits per heavy atom. The number of nitrogens with one attached hydrogen (secondary N) is 1. The highest BCUT2D eigenvalue weighted by Gasteiger charge is 2.32. The summed E-state index contributed by atoms with van der Waals surface area (Å²) < 4.78 is 5.37. The summed E-state index contributed by atoms with van der Waals surface area (Å²) in [5.41, 5.74) is 0. The summed E-state index contributed by atoms with van der Waals surface area (Å²) in [6, 6.07) is 0.